The highest BCUT2D eigenvalue weighted by molar-refractivity contribution is 14.1. The van der Waals surface area contributed by atoms with Gasteiger partial charge in [0.2, 0.25) is 0 Å². The summed E-state index contributed by atoms with van der Waals surface area (Å²) in [5, 5.41) is 0. The second kappa shape index (κ2) is 5.48. The molecule has 1 aromatic carbocycles. The largest absolute Gasteiger partial charge is 0.414 e. The molecule has 0 radical (unpaired) electrons. The second-order valence-electron chi connectivity index (χ2n) is 2.84. The molecule has 0 bridgehead atoms. The normalized spacial score (nSPS) is 11.2. The second-order valence-corrected chi connectivity index (χ2v) is 4.09. The van der Waals surface area contributed by atoms with Crippen LogP contribution < -0.4 is 5.48 Å². The third-order valence-corrected chi connectivity index (χ3v) is 2.23. The van der Waals surface area contributed by atoms with Gasteiger partial charge in [-0.25, -0.2) is 5.48 Å². The first-order valence-corrected chi connectivity index (χ1v) is 5.21. The predicted octanol–water partition coefficient (Wildman–Crippen LogP) is 2.51. The molecule has 3 nitrogen and oxygen atoms in total. The van der Waals surface area contributed by atoms with Crippen LogP contribution in [0.4, 0.5) is 13.2 Å². The number of carbonyl (C=O) groups is 1. The number of hydrogen-bond donors (Lipinski definition) is 1. The van der Waals surface area contributed by atoms with Crippen molar-refractivity contribution in [2.24, 2.45) is 0 Å². The molecule has 0 saturated carbocycles. The van der Waals surface area contributed by atoms with Crippen molar-refractivity contribution in [2.75, 3.05) is 6.61 Å². The summed E-state index contributed by atoms with van der Waals surface area (Å²) in [6.07, 6.45) is -4.46. The fourth-order valence-corrected chi connectivity index (χ4v) is 1.20. The minimum atomic E-state index is -4.46. The minimum absolute atomic E-state index is 0.239. The van der Waals surface area contributed by atoms with Crippen molar-refractivity contribution in [2.45, 2.75) is 6.18 Å². The number of nitrogens with one attached hydrogen (secondary N) is 1. The number of hydroxylamine groups is 1. The lowest BCUT2D eigenvalue weighted by Crippen LogP contribution is -2.29. The van der Waals surface area contributed by atoms with Crippen molar-refractivity contribution >= 4 is 28.5 Å². The molecule has 0 aliphatic carbocycles. The Hall–Kier alpha value is -0.830. The van der Waals surface area contributed by atoms with Gasteiger partial charge in [0.15, 0.2) is 6.61 Å². The Morgan fingerprint density at radius 3 is 2.38 bits per heavy atom. The van der Waals surface area contributed by atoms with Gasteiger partial charge in [0, 0.05) is 9.13 Å². The fraction of sp³-hybridized carbons (Fsp3) is 0.222. The predicted molar refractivity (Wildman–Crippen MR) is 58.6 cm³/mol. The maximum absolute atomic E-state index is 11.7. The lowest BCUT2D eigenvalue weighted by molar-refractivity contribution is -0.184. The SMILES string of the molecule is O=C(NOCC(F)(F)F)c1ccc(I)cc1. The number of carbonyl (C=O) groups excluding carboxylic acids is 1. The molecule has 0 fully saturated rings. The first kappa shape index (κ1) is 13.2. The van der Waals surface area contributed by atoms with E-state index in [-0.39, 0.29) is 5.56 Å². The zero-order valence-electron chi connectivity index (χ0n) is 7.84. The van der Waals surface area contributed by atoms with Gasteiger partial charge >= 0.3 is 6.18 Å². The number of alkyl halides is 3. The molecule has 0 heterocycles. The summed E-state index contributed by atoms with van der Waals surface area (Å²) in [4.78, 5) is 15.3. The standard InChI is InChI=1S/C9H7F3INO2/c10-9(11,12)5-16-14-8(15)6-1-3-7(13)4-2-6/h1-4H,5H2,(H,14,15). The number of rotatable bonds is 3. The van der Waals surface area contributed by atoms with Gasteiger partial charge in [-0.2, -0.15) is 13.2 Å². The summed E-state index contributed by atoms with van der Waals surface area (Å²) < 4.78 is 36.0. The van der Waals surface area contributed by atoms with Gasteiger partial charge in [-0.3, -0.25) is 9.63 Å². The van der Waals surface area contributed by atoms with E-state index in [4.69, 9.17) is 0 Å². The Bertz CT molecular complexity index is 364. The monoisotopic (exact) mass is 345 g/mol. The number of hydrogen-bond acceptors (Lipinski definition) is 2. The Morgan fingerprint density at radius 2 is 1.88 bits per heavy atom. The molecule has 1 N–H and O–H groups in total. The molecule has 16 heavy (non-hydrogen) atoms. The molecule has 1 amide bonds. The van der Waals surface area contributed by atoms with E-state index in [2.05, 4.69) is 4.84 Å². The van der Waals surface area contributed by atoms with Crippen molar-refractivity contribution in [3.8, 4) is 0 Å². The number of amides is 1. The summed E-state index contributed by atoms with van der Waals surface area (Å²) >= 11 is 2.05. The molecule has 7 heteroatoms. The van der Waals surface area contributed by atoms with E-state index in [0.717, 1.165) is 3.57 Å². The van der Waals surface area contributed by atoms with E-state index >= 15 is 0 Å². The maximum Gasteiger partial charge on any atom is 0.414 e. The molecule has 0 saturated heterocycles. The molecule has 0 aromatic heterocycles. The van der Waals surface area contributed by atoms with Crippen molar-refractivity contribution in [1.29, 1.82) is 0 Å². The van der Waals surface area contributed by atoms with Crippen molar-refractivity contribution in [1.82, 2.24) is 5.48 Å². The van der Waals surface area contributed by atoms with Crippen molar-refractivity contribution < 1.29 is 22.8 Å². The Balaban J connectivity index is 2.44. The molecule has 88 valence electrons. The van der Waals surface area contributed by atoms with Crippen LogP contribution in [0.2, 0.25) is 0 Å². The Kier molecular flexibility index (Phi) is 4.54. The average molecular weight is 345 g/mol. The molecular formula is C9H7F3INO2. The van der Waals surface area contributed by atoms with Crippen LogP contribution in [0.1, 0.15) is 10.4 Å². The zero-order valence-corrected chi connectivity index (χ0v) is 10.0. The van der Waals surface area contributed by atoms with Crippen LogP contribution in [0.25, 0.3) is 0 Å². The third-order valence-electron chi connectivity index (χ3n) is 1.51. The molecular weight excluding hydrogens is 338 g/mol. The summed E-state index contributed by atoms with van der Waals surface area (Å²) in [5.74, 6) is -0.708. The molecule has 0 aliphatic rings. The first-order chi connectivity index (χ1) is 7.38. The van der Waals surface area contributed by atoms with E-state index in [1.165, 1.54) is 12.1 Å². The molecule has 0 atom stereocenters. The zero-order chi connectivity index (χ0) is 12.2. The summed E-state index contributed by atoms with van der Waals surface area (Å²) in [7, 11) is 0. The van der Waals surface area contributed by atoms with Gasteiger partial charge in [0.05, 0.1) is 0 Å². The number of halogens is 4. The molecule has 1 rings (SSSR count). The smallest absolute Gasteiger partial charge is 0.267 e. The summed E-state index contributed by atoms with van der Waals surface area (Å²) in [5.41, 5.74) is 1.95. The van der Waals surface area contributed by atoms with Crippen LogP contribution in [0, 0.1) is 3.57 Å². The van der Waals surface area contributed by atoms with Crippen molar-refractivity contribution in [3.05, 3.63) is 33.4 Å². The van der Waals surface area contributed by atoms with Crippen molar-refractivity contribution in [3.63, 3.8) is 0 Å². The molecule has 0 unspecified atom stereocenters. The average Bonchev–Trinajstić information content (AvgIpc) is 2.16. The van der Waals surface area contributed by atoms with Crippen LogP contribution in [0.5, 0.6) is 0 Å². The quantitative estimate of drug-likeness (QED) is 0.675. The van der Waals surface area contributed by atoms with Crippen LogP contribution in [-0.4, -0.2) is 18.7 Å². The Morgan fingerprint density at radius 1 is 1.31 bits per heavy atom. The van der Waals surface area contributed by atoms with Gasteiger partial charge in [-0.1, -0.05) is 0 Å². The van der Waals surface area contributed by atoms with Crippen LogP contribution in [0.3, 0.4) is 0 Å². The van der Waals surface area contributed by atoms with Crippen LogP contribution >= 0.6 is 22.6 Å². The lowest BCUT2D eigenvalue weighted by Gasteiger charge is -2.08. The fourth-order valence-electron chi connectivity index (χ4n) is 0.844. The molecule has 0 aliphatic heterocycles. The highest BCUT2D eigenvalue weighted by Gasteiger charge is 2.28. The van der Waals surface area contributed by atoms with Gasteiger partial charge < -0.3 is 0 Å². The van der Waals surface area contributed by atoms with Gasteiger partial charge in [0.25, 0.3) is 5.91 Å². The minimum Gasteiger partial charge on any atom is -0.267 e. The van der Waals surface area contributed by atoms with E-state index in [1.54, 1.807) is 17.6 Å². The van der Waals surface area contributed by atoms with E-state index in [0.29, 0.717) is 0 Å². The van der Waals surface area contributed by atoms with E-state index in [9.17, 15) is 18.0 Å². The third kappa shape index (κ3) is 4.79. The summed E-state index contributed by atoms with van der Waals surface area (Å²) in [6.45, 7) is -1.51. The van der Waals surface area contributed by atoms with E-state index < -0.39 is 18.7 Å². The van der Waals surface area contributed by atoms with Gasteiger partial charge in [0.1, 0.15) is 0 Å². The number of benzene rings is 1. The Labute approximate surface area is 103 Å². The molecule has 0 spiro atoms. The highest BCUT2D eigenvalue weighted by Crippen LogP contribution is 2.13. The summed E-state index contributed by atoms with van der Waals surface area (Å²) in [6, 6.07) is 6.32. The topological polar surface area (TPSA) is 38.3 Å². The van der Waals surface area contributed by atoms with Crippen LogP contribution in [-0.2, 0) is 4.84 Å². The first-order valence-electron chi connectivity index (χ1n) is 4.13. The lowest BCUT2D eigenvalue weighted by atomic mass is 10.2. The maximum atomic E-state index is 11.7. The van der Waals surface area contributed by atoms with E-state index in [1.807, 2.05) is 22.6 Å². The highest BCUT2D eigenvalue weighted by atomic mass is 127. The molecule has 1 aromatic rings. The van der Waals surface area contributed by atoms with Gasteiger partial charge in [-0.15, -0.1) is 0 Å². The van der Waals surface area contributed by atoms with Gasteiger partial charge in [-0.05, 0) is 46.9 Å². The van der Waals surface area contributed by atoms with Crippen LogP contribution in [0.15, 0.2) is 24.3 Å².